The van der Waals surface area contributed by atoms with Gasteiger partial charge in [0.1, 0.15) is 5.75 Å². The number of rotatable bonds is 6. The highest BCUT2D eigenvalue weighted by molar-refractivity contribution is 5.92. The highest BCUT2D eigenvalue weighted by atomic mass is 16.5. The number of carbonyl (C=O) groups is 1. The normalized spacial score (nSPS) is 10.3. The molecule has 4 heteroatoms. The second-order valence-electron chi connectivity index (χ2n) is 5.16. The summed E-state index contributed by atoms with van der Waals surface area (Å²) in [5.74, 6) is 0.698. The number of amides is 1. The zero-order valence-electron chi connectivity index (χ0n) is 13.1. The Morgan fingerprint density at radius 1 is 1.18 bits per heavy atom. The Balaban J connectivity index is 1.81. The summed E-state index contributed by atoms with van der Waals surface area (Å²) < 4.78 is 5.58. The summed E-state index contributed by atoms with van der Waals surface area (Å²) >= 11 is 0. The molecule has 1 amide bonds. The van der Waals surface area contributed by atoms with Crippen LogP contribution in [0.4, 0.5) is 11.4 Å². The van der Waals surface area contributed by atoms with Crippen LogP contribution in [-0.4, -0.2) is 12.5 Å². The molecule has 0 fully saturated rings. The summed E-state index contributed by atoms with van der Waals surface area (Å²) in [4.78, 5) is 11.9. The Hall–Kier alpha value is -2.49. The van der Waals surface area contributed by atoms with Crippen molar-refractivity contribution in [3.63, 3.8) is 0 Å². The molecule has 2 aromatic carbocycles. The first kappa shape index (κ1) is 15.9. The highest BCUT2D eigenvalue weighted by Gasteiger charge is 2.06. The molecular formula is C18H22N2O2. The fraction of sp³-hybridized carbons (Fsp3) is 0.278. The fourth-order valence-corrected chi connectivity index (χ4v) is 2.08. The van der Waals surface area contributed by atoms with Gasteiger partial charge >= 0.3 is 0 Å². The molecule has 0 atom stereocenters. The lowest BCUT2D eigenvalue weighted by molar-refractivity contribution is -0.116. The van der Waals surface area contributed by atoms with Crippen LogP contribution in [-0.2, 0) is 11.2 Å². The van der Waals surface area contributed by atoms with E-state index in [4.69, 9.17) is 10.5 Å². The lowest BCUT2D eigenvalue weighted by Gasteiger charge is -2.11. The van der Waals surface area contributed by atoms with E-state index in [2.05, 4.69) is 12.2 Å². The van der Waals surface area contributed by atoms with Gasteiger partial charge in [-0.25, -0.2) is 0 Å². The predicted molar refractivity (Wildman–Crippen MR) is 90.2 cm³/mol. The van der Waals surface area contributed by atoms with Crippen LogP contribution in [0.1, 0.15) is 24.5 Å². The Labute approximate surface area is 131 Å². The van der Waals surface area contributed by atoms with Gasteiger partial charge in [-0.05, 0) is 48.7 Å². The second-order valence-corrected chi connectivity index (χ2v) is 5.16. The monoisotopic (exact) mass is 298 g/mol. The first-order valence-electron chi connectivity index (χ1n) is 7.47. The summed E-state index contributed by atoms with van der Waals surface area (Å²) in [6.45, 7) is 4.34. The summed E-state index contributed by atoms with van der Waals surface area (Å²) in [6, 6.07) is 13.4. The summed E-state index contributed by atoms with van der Waals surface area (Å²) in [7, 11) is 0. The minimum absolute atomic E-state index is 0.0844. The zero-order chi connectivity index (χ0) is 15.9. The van der Waals surface area contributed by atoms with Crippen molar-refractivity contribution in [2.24, 2.45) is 0 Å². The smallest absolute Gasteiger partial charge is 0.227 e. The molecule has 22 heavy (non-hydrogen) atoms. The van der Waals surface area contributed by atoms with Gasteiger partial charge in [0.05, 0.1) is 13.0 Å². The van der Waals surface area contributed by atoms with Gasteiger partial charge in [-0.15, -0.1) is 0 Å². The van der Waals surface area contributed by atoms with Gasteiger partial charge in [0, 0.05) is 11.4 Å². The molecule has 0 bridgehead atoms. The van der Waals surface area contributed by atoms with Crippen molar-refractivity contribution in [1.29, 1.82) is 0 Å². The summed E-state index contributed by atoms with van der Waals surface area (Å²) in [6.07, 6.45) is 1.30. The fourth-order valence-electron chi connectivity index (χ4n) is 2.08. The second kappa shape index (κ2) is 7.50. The summed E-state index contributed by atoms with van der Waals surface area (Å²) in [5, 5.41) is 2.86. The van der Waals surface area contributed by atoms with Crippen molar-refractivity contribution in [2.75, 3.05) is 17.7 Å². The minimum Gasteiger partial charge on any atom is -0.493 e. The average Bonchev–Trinajstić information content (AvgIpc) is 2.52. The van der Waals surface area contributed by atoms with Gasteiger partial charge in [0.25, 0.3) is 0 Å². The number of nitrogens with one attached hydrogen (secondary N) is 1. The molecule has 0 aliphatic heterocycles. The van der Waals surface area contributed by atoms with Crippen LogP contribution in [0.25, 0.3) is 0 Å². The van der Waals surface area contributed by atoms with E-state index in [0.717, 1.165) is 23.4 Å². The van der Waals surface area contributed by atoms with Crippen molar-refractivity contribution < 1.29 is 9.53 Å². The molecular weight excluding hydrogens is 276 g/mol. The first-order chi connectivity index (χ1) is 10.6. The average molecular weight is 298 g/mol. The van der Waals surface area contributed by atoms with Crippen molar-refractivity contribution in [3.05, 3.63) is 53.6 Å². The molecule has 0 saturated carbocycles. The maximum absolute atomic E-state index is 11.9. The van der Waals surface area contributed by atoms with E-state index < -0.39 is 0 Å². The van der Waals surface area contributed by atoms with Gasteiger partial charge in [0.15, 0.2) is 0 Å². The lowest BCUT2D eigenvalue weighted by Crippen LogP contribution is -2.16. The molecule has 4 nitrogen and oxygen atoms in total. The third kappa shape index (κ3) is 4.25. The Kier molecular flexibility index (Phi) is 5.42. The van der Waals surface area contributed by atoms with E-state index in [1.54, 1.807) is 0 Å². The number of nitrogen functional groups attached to an aromatic ring is 1. The van der Waals surface area contributed by atoms with Crippen LogP contribution in [0.2, 0.25) is 0 Å². The van der Waals surface area contributed by atoms with Crippen molar-refractivity contribution in [3.8, 4) is 5.75 Å². The van der Waals surface area contributed by atoms with Crippen molar-refractivity contribution >= 4 is 17.3 Å². The number of benzene rings is 2. The molecule has 3 N–H and O–H groups in total. The Morgan fingerprint density at radius 2 is 1.91 bits per heavy atom. The van der Waals surface area contributed by atoms with E-state index in [1.165, 1.54) is 5.56 Å². The number of aryl methyl sites for hydroxylation is 1. The number of anilines is 2. The SMILES string of the molecule is CCc1ccc(OCCC(=O)Nc2cccc(N)c2C)cc1. The minimum atomic E-state index is -0.0844. The quantitative estimate of drug-likeness (QED) is 0.802. The van der Waals surface area contributed by atoms with Gasteiger partial charge in [-0.3, -0.25) is 4.79 Å². The van der Waals surface area contributed by atoms with Gasteiger partial charge in [0.2, 0.25) is 5.91 Å². The largest absolute Gasteiger partial charge is 0.493 e. The molecule has 0 aliphatic rings. The third-order valence-corrected chi connectivity index (χ3v) is 3.58. The molecule has 0 saturated heterocycles. The van der Waals surface area contributed by atoms with Gasteiger partial charge in [-0.1, -0.05) is 25.1 Å². The van der Waals surface area contributed by atoms with E-state index in [-0.39, 0.29) is 5.91 Å². The third-order valence-electron chi connectivity index (χ3n) is 3.58. The van der Waals surface area contributed by atoms with Crippen LogP contribution >= 0.6 is 0 Å². The zero-order valence-corrected chi connectivity index (χ0v) is 13.1. The molecule has 0 aliphatic carbocycles. The standard InChI is InChI=1S/C18H22N2O2/c1-3-14-7-9-15(10-8-14)22-12-11-18(21)20-17-6-4-5-16(19)13(17)2/h4-10H,3,11-12,19H2,1-2H3,(H,20,21). The Bertz CT molecular complexity index is 636. The number of nitrogens with two attached hydrogens (primary N) is 1. The number of hydrogen-bond donors (Lipinski definition) is 2. The van der Waals surface area contributed by atoms with Crippen molar-refractivity contribution in [1.82, 2.24) is 0 Å². The highest BCUT2D eigenvalue weighted by Crippen LogP contribution is 2.20. The maximum atomic E-state index is 11.9. The van der Waals surface area contributed by atoms with E-state index in [0.29, 0.717) is 18.7 Å². The number of hydrogen-bond acceptors (Lipinski definition) is 3. The molecule has 0 aromatic heterocycles. The molecule has 116 valence electrons. The van der Waals surface area contributed by atoms with Crippen LogP contribution < -0.4 is 15.8 Å². The van der Waals surface area contributed by atoms with Crippen molar-refractivity contribution in [2.45, 2.75) is 26.7 Å². The van der Waals surface area contributed by atoms with Crippen LogP contribution in [0.3, 0.4) is 0 Å². The molecule has 0 radical (unpaired) electrons. The number of ether oxygens (including phenoxy) is 1. The Morgan fingerprint density at radius 3 is 2.59 bits per heavy atom. The van der Waals surface area contributed by atoms with E-state index >= 15 is 0 Å². The predicted octanol–water partition coefficient (Wildman–Crippen LogP) is 3.55. The molecule has 2 rings (SSSR count). The maximum Gasteiger partial charge on any atom is 0.227 e. The van der Waals surface area contributed by atoms with Gasteiger partial charge < -0.3 is 15.8 Å². The number of carbonyl (C=O) groups excluding carboxylic acids is 1. The first-order valence-corrected chi connectivity index (χ1v) is 7.47. The van der Waals surface area contributed by atoms with Crippen LogP contribution in [0, 0.1) is 6.92 Å². The molecule has 0 spiro atoms. The van der Waals surface area contributed by atoms with E-state index in [1.807, 2.05) is 49.4 Å². The van der Waals surface area contributed by atoms with Crippen LogP contribution in [0.5, 0.6) is 5.75 Å². The lowest BCUT2D eigenvalue weighted by atomic mass is 10.1. The molecule has 2 aromatic rings. The summed E-state index contributed by atoms with van der Waals surface area (Å²) in [5.41, 5.74) is 9.39. The van der Waals surface area contributed by atoms with Gasteiger partial charge in [-0.2, -0.15) is 0 Å². The molecule has 0 unspecified atom stereocenters. The van der Waals surface area contributed by atoms with Crippen LogP contribution in [0.15, 0.2) is 42.5 Å². The topological polar surface area (TPSA) is 64.3 Å². The molecule has 0 heterocycles. The van der Waals surface area contributed by atoms with E-state index in [9.17, 15) is 4.79 Å².